The molecule has 3 aromatic carbocycles. The summed E-state index contributed by atoms with van der Waals surface area (Å²) in [6.45, 7) is 5.75. The van der Waals surface area contributed by atoms with Crippen molar-refractivity contribution in [1.82, 2.24) is 15.1 Å². The fourth-order valence-electron chi connectivity index (χ4n) is 5.54. The second kappa shape index (κ2) is 13.9. The van der Waals surface area contributed by atoms with Gasteiger partial charge in [0.25, 0.3) is 5.91 Å². The largest absolute Gasteiger partial charge is 0.368 e. The van der Waals surface area contributed by atoms with E-state index in [-0.39, 0.29) is 24.1 Å². The lowest BCUT2D eigenvalue weighted by atomic mass is 10.1. The number of hydrogen-bond donors (Lipinski definition) is 2. The zero-order valence-electron chi connectivity index (χ0n) is 23.6. The molecule has 5 rings (SSSR count). The first-order valence-corrected chi connectivity index (χ1v) is 14.6. The summed E-state index contributed by atoms with van der Waals surface area (Å²) in [4.78, 5) is 45.6. The van der Waals surface area contributed by atoms with Crippen LogP contribution in [0.2, 0.25) is 0 Å². The van der Waals surface area contributed by atoms with Gasteiger partial charge >= 0.3 is 0 Å². The summed E-state index contributed by atoms with van der Waals surface area (Å²) in [5.74, 6) is -0.0230. The van der Waals surface area contributed by atoms with E-state index in [0.29, 0.717) is 50.4 Å². The fourth-order valence-corrected chi connectivity index (χ4v) is 5.54. The van der Waals surface area contributed by atoms with Crippen molar-refractivity contribution < 1.29 is 14.4 Å². The Kier molecular flexibility index (Phi) is 9.65. The van der Waals surface area contributed by atoms with Gasteiger partial charge < -0.3 is 25.3 Å². The van der Waals surface area contributed by atoms with E-state index in [4.69, 9.17) is 0 Å². The summed E-state index contributed by atoms with van der Waals surface area (Å²) in [7, 11) is 0. The van der Waals surface area contributed by atoms with Gasteiger partial charge in [-0.3, -0.25) is 14.4 Å². The van der Waals surface area contributed by atoms with E-state index >= 15 is 0 Å². The first-order chi connectivity index (χ1) is 20.1. The van der Waals surface area contributed by atoms with Crippen molar-refractivity contribution in [3.05, 3.63) is 95.6 Å². The van der Waals surface area contributed by atoms with Crippen LogP contribution in [-0.2, 0) is 22.4 Å². The molecule has 2 N–H and O–H groups in total. The van der Waals surface area contributed by atoms with Crippen LogP contribution in [-0.4, -0.2) is 79.9 Å². The van der Waals surface area contributed by atoms with Crippen LogP contribution in [0, 0.1) is 0 Å². The average molecular weight is 554 g/mol. The van der Waals surface area contributed by atoms with Crippen LogP contribution in [0.1, 0.15) is 34.3 Å². The molecule has 0 bridgehead atoms. The van der Waals surface area contributed by atoms with Crippen molar-refractivity contribution in [2.75, 3.05) is 62.6 Å². The van der Waals surface area contributed by atoms with Crippen LogP contribution in [0.3, 0.4) is 0 Å². The molecule has 0 saturated carbocycles. The minimum absolute atomic E-state index is 0.0210. The Bertz CT molecular complexity index is 1320. The number of carbonyl (C=O) groups is 3. The summed E-state index contributed by atoms with van der Waals surface area (Å²) in [5.41, 5.74) is 4.02. The van der Waals surface area contributed by atoms with E-state index in [9.17, 15) is 14.4 Å². The second-order valence-corrected chi connectivity index (χ2v) is 10.7. The molecular weight excluding hydrogens is 514 g/mol. The number of nitrogens with zero attached hydrogens (tertiary/aromatic N) is 3. The lowest BCUT2D eigenvalue weighted by molar-refractivity contribution is -0.130. The van der Waals surface area contributed by atoms with Crippen LogP contribution < -0.4 is 15.5 Å². The highest BCUT2D eigenvalue weighted by atomic mass is 16.2. The van der Waals surface area contributed by atoms with Gasteiger partial charge in [-0.15, -0.1) is 0 Å². The van der Waals surface area contributed by atoms with Crippen LogP contribution in [0.5, 0.6) is 0 Å². The maximum atomic E-state index is 13.4. The molecule has 8 heteroatoms. The van der Waals surface area contributed by atoms with E-state index in [1.165, 1.54) is 0 Å². The Labute approximate surface area is 242 Å². The van der Waals surface area contributed by atoms with Gasteiger partial charge in [-0.2, -0.15) is 0 Å². The number of amides is 3. The molecule has 2 saturated heterocycles. The second-order valence-electron chi connectivity index (χ2n) is 10.7. The number of rotatable bonds is 7. The van der Waals surface area contributed by atoms with Gasteiger partial charge in [-0.05, 0) is 48.7 Å². The lowest BCUT2D eigenvalue weighted by Gasteiger charge is -2.27. The molecule has 0 atom stereocenters. The topological polar surface area (TPSA) is 85.0 Å². The van der Waals surface area contributed by atoms with E-state index in [1.807, 2.05) is 88.7 Å². The highest BCUT2D eigenvalue weighted by molar-refractivity contribution is 6.00. The smallest absolute Gasteiger partial charge is 0.253 e. The molecule has 0 aliphatic carbocycles. The van der Waals surface area contributed by atoms with E-state index < -0.39 is 0 Å². The van der Waals surface area contributed by atoms with Crippen LogP contribution >= 0.6 is 0 Å². The maximum absolute atomic E-state index is 13.4. The zero-order chi connectivity index (χ0) is 28.4. The molecule has 2 aliphatic rings. The Morgan fingerprint density at radius 1 is 0.683 bits per heavy atom. The molecule has 41 heavy (non-hydrogen) atoms. The van der Waals surface area contributed by atoms with Crippen molar-refractivity contribution in [1.29, 1.82) is 0 Å². The van der Waals surface area contributed by atoms with Gasteiger partial charge in [-0.1, -0.05) is 60.7 Å². The van der Waals surface area contributed by atoms with Gasteiger partial charge in [0, 0.05) is 51.4 Å². The lowest BCUT2D eigenvalue weighted by Crippen LogP contribution is -2.36. The van der Waals surface area contributed by atoms with Crippen molar-refractivity contribution in [2.24, 2.45) is 0 Å². The van der Waals surface area contributed by atoms with Crippen LogP contribution in [0.25, 0.3) is 0 Å². The quantitative estimate of drug-likeness (QED) is 0.467. The first kappa shape index (κ1) is 28.4. The molecular formula is C33H39N5O3. The number of benzene rings is 3. The SMILES string of the molecule is O=C(Cc1ccccc1)Nc1cc(C(=O)N2CCCNCC2)ccc1N1CCCN(C(=O)Cc2ccccc2)CC1. The van der Waals surface area contributed by atoms with Crippen molar-refractivity contribution in [3.8, 4) is 0 Å². The standard InChI is InChI=1S/C33H39N5O3/c39-31(23-26-9-3-1-4-10-26)35-29-25-28(33(41)38-17-7-15-34-16-20-38)13-14-30(29)36-18-8-19-37(22-21-36)32(40)24-27-11-5-2-6-12-27/h1-6,9-14,25,34H,7-8,15-24H2,(H,35,39). The average Bonchev–Trinajstić information content (AvgIpc) is 3.42. The predicted molar refractivity (Wildman–Crippen MR) is 162 cm³/mol. The summed E-state index contributed by atoms with van der Waals surface area (Å²) >= 11 is 0. The monoisotopic (exact) mass is 553 g/mol. The predicted octanol–water partition coefficient (Wildman–Crippen LogP) is 3.58. The van der Waals surface area contributed by atoms with Gasteiger partial charge in [0.15, 0.2) is 0 Å². The Hall–Kier alpha value is -4.17. The summed E-state index contributed by atoms with van der Waals surface area (Å²) in [6.07, 6.45) is 2.37. The Morgan fingerprint density at radius 2 is 1.39 bits per heavy atom. The van der Waals surface area contributed by atoms with E-state index in [2.05, 4.69) is 15.5 Å². The third-order valence-corrected chi connectivity index (χ3v) is 7.74. The van der Waals surface area contributed by atoms with Gasteiger partial charge in [0.2, 0.25) is 11.8 Å². The molecule has 2 aliphatic heterocycles. The van der Waals surface area contributed by atoms with Crippen LogP contribution in [0.4, 0.5) is 11.4 Å². The Balaban J connectivity index is 1.33. The van der Waals surface area contributed by atoms with Gasteiger partial charge in [0.1, 0.15) is 0 Å². The summed E-state index contributed by atoms with van der Waals surface area (Å²) < 4.78 is 0. The fraction of sp³-hybridized carbons (Fsp3) is 0.364. The van der Waals surface area contributed by atoms with E-state index in [0.717, 1.165) is 49.3 Å². The number of carbonyl (C=O) groups excluding carboxylic acids is 3. The molecule has 2 fully saturated rings. The highest BCUT2D eigenvalue weighted by Gasteiger charge is 2.24. The summed E-state index contributed by atoms with van der Waals surface area (Å²) in [6, 6.07) is 25.1. The van der Waals surface area contributed by atoms with Gasteiger partial charge in [0.05, 0.1) is 24.2 Å². The number of anilines is 2. The normalized spacial score (nSPS) is 16.0. The number of hydrogen-bond acceptors (Lipinski definition) is 5. The third kappa shape index (κ3) is 7.73. The molecule has 8 nitrogen and oxygen atoms in total. The zero-order valence-corrected chi connectivity index (χ0v) is 23.6. The molecule has 0 unspecified atom stereocenters. The van der Waals surface area contributed by atoms with Crippen molar-refractivity contribution in [3.63, 3.8) is 0 Å². The minimum Gasteiger partial charge on any atom is -0.368 e. The molecule has 3 aromatic rings. The Morgan fingerprint density at radius 3 is 2.15 bits per heavy atom. The first-order valence-electron chi connectivity index (χ1n) is 14.6. The summed E-state index contributed by atoms with van der Waals surface area (Å²) in [5, 5.41) is 6.45. The number of nitrogens with one attached hydrogen (secondary N) is 2. The van der Waals surface area contributed by atoms with E-state index in [1.54, 1.807) is 0 Å². The molecule has 0 aromatic heterocycles. The van der Waals surface area contributed by atoms with Crippen molar-refractivity contribution in [2.45, 2.75) is 25.7 Å². The highest BCUT2D eigenvalue weighted by Crippen LogP contribution is 2.29. The minimum atomic E-state index is -0.129. The molecule has 2 heterocycles. The van der Waals surface area contributed by atoms with Crippen LogP contribution in [0.15, 0.2) is 78.9 Å². The molecule has 0 spiro atoms. The maximum Gasteiger partial charge on any atom is 0.253 e. The molecule has 3 amide bonds. The third-order valence-electron chi connectivity index (χ3n) is 7.74. The van der Waals surface area contributed by atoms with Crippen molar-refractivity contribution >= 4 is 29.1 Å². The molecule has 0 radical (unpaired) electrons. The van der Waals surface area contributed by atoms with Gasteiger partial charge in [-0.25, -0.2) is 0 Å². The molecule has 214 valence electrons.